The minimum absolute atomic E-state index is 0. The summed E-state index contributed by atoms with van der Waals surface area (Å²) >= 11 is 0. The van der Waals surface area contributed by atoms with Crippen molar-refractivity contribution >= 4 is 40.0 Å². The Kier molecular flexibility index (Phi) is 9.12. The van der Waals surface area contributed by atoms with Gasteiger partial charge < -0.3 is 10.6 Å². The fourth-order valence-corrected chi connectivity index (χ4v) is 3.34. The van der Waals surface area contributed by atoms with Gasteiger partial charge in [0.2, 0.25) is 10.0 Å². The van der Waals surface area contributed by atoms with Crippen LogP contribution in [0.5, 0.6) is 0 Å². The Balaban J connectivity index is 0.00000364. The molecule has 0 fully saturated rings. The highest BCUT2D eigenvalue weighted by Gasteiger charge is 2.20. The zero-order valence-corrected chi connectivity index (χ0v) is 19.0. The maximum Gasteiger partial charge on any atom is 0.242 e. The van der Waals surface area contributed by atoms with Crippen LogP contribution < -0.4 is 10.6 Å². The van der Waals surface area contributed by atoms with E-state index >= 15 is 0 Å². The third-order valence-corrected chi connectivity index (χ3v) is 5.62. The van der Waals surface area contributed by atoms with Crippen molar-refractivity contribution in [1.29, 1.82) is 0 Å². The van der Waals surface area contributed by atoms with Crippen LogP contribution >= 0.6 is 24.0 Å². The van der Waals surface area contributed by atoms with E-state index in [2.05, 4.69) is 25.7 Å². The average molecular weight is 507 g/mol. The van der Waals surface area contributed by atoms with Crippen LogP contribution in [0.3, 0.4) is 0 Å². The number of halogens is 1. The molecule has 0 unspecified atom stereocenters. The third-order valence-electron chi connectivity index (χ3n) is 3.70. The number of sulfonamides is 1. The number of aliphatic imine (C=N–C) groups is 1. The standard InChI is InChI=1S/C16H25N7O2S.HI/c1-5-17-16(19-11-15-20-12-21-23(15)4)18-10-13-8-6-7-9-14(13)26(24,25)22(2)3;/h6-9,12H,5,10-11H2,1-4H3,(H2,17,18,19);1H. The maximum atomic E-state index is 12.5. The Morgan fingerprint density at radius 1 is 1.26 bits per heavy atom. The lowest BCUT2D eigenvalue weighted by atomic mass is 10.2. The van der Waals surface area contributed by atoms with Crippen LogP contribution in [0, 0.1) is 0 Å². The van der Waals surface area contributed by atoms with Crippen molar-refractivity contribution in [2.45, 2.75) is 24.9 Å². The molecule has 9 nitrogen and oxygen atoms in total. The van der Waals surface area contributed by atoms with Crippen molar-refractivity contribution in [3.05, 3.63) is 42.0 Å². The Morgan fingerprint density at radius 3 is 2.56 bits per heavy atom. The molecular weight excluding hydrogens is 481 g/mol. The van der Waals surface area contributed by atoms with Crippen molar-refractivity contribution in [1.82, 2.24) is 29.7 Å². The van der Waals surface area contributed by atoms with E-state index in [0.717, 1.165) is 5.82 Å². The number of hydrogen-bond donors (Lipinski definition) is 2. The lowest BCUT2D eigenvalue weighted by molar-refractivity contribution is 0.519. The minimum Gasteiger partial charge on any atom is -0.357 e. The van der Waals surface area contributed by atoms with E-state index in [1.54, 1.807) is 28.9 Å². The predicted molar refractivity (Wildman–Crippen MR) is 115 cm³/mol. The molecule has 0 amide bonds. The highest BCUT2D eigenvalue weighted by atomic mass is 127. The molecule has 0 aliphatic carbocycles. The van der Waals surface area contributed by atoms with Crippen molar-refractivity contribution in [2.75, 3.05) is 20.6 Å². The summed E-state index contributed by atoms with van der Waals surface area (Å²) in [6, 6.07) is 6.88. The van der Waals surface area contributed by atoms with Crippen LogP contribution in [0.1, 0.15) is 18.3 Å². The second-order valence-electron chi connectivity index (χ2n) is 5.74. The Morgan fingerprint density at radius 2 is 1.96 bits per heavy atom. The molecule has 0 aliphatic heterocycles. The number of hydrogen-bond acceptors (Lipinski definition) is 5. The summed E-state index contributed by atoms with van der Waals surface area (Å²) in [5.74, 6) is 1.35. The Bertz CT molecular complexity index is 865. The highest BCUT2D eigenvalue weighted by molar-refractivity contribution is 14.0. The van der Waals surface area contributed by atoms with E-state index in [-0.39, 0.29) is 35.4 Å². The average Bonchev–Trinajstić information content (AvgIpc) is 3.02. The minimum atomic E-state index is -3.52. The first-order valence-corrected chi connectivity index (χ1v) is 9.65. The highest BCUT2D eigenvalue weighted by Crippen LogP contribution is 2.19. The van der Waals surface area contributed by atoms with E-state index in [1.807, 2.05) is 14.0 Å². The molecule has 11 heteroatoms. The molecule has 0 aliphatic rings. The largest absolute Gasteiger partial charge is 0.357 e. The number of guanidine groups is 1. The molecule has 2 N–H and O–H groups in total. The van der Waals surface area contributed by atoms with Gasteiger partial charge in [-0.3, -0.25) is 4.68 Å². The van der Waals surface area contributed by atoms with Crippen molar-refractivity contribution in [2.24, 2.45) is 12.0 Å². The van der Waals surface area contributed by atoms with Gasteiger partial charge in [0, 0.05) is 27.7 Å². The van der Waals surface area contributed by atoms with E-state index in [0.29, 0.717) is 24.6 Å². The number of aryl methyl sites for hydroxylation is 1. The first-order valence-electron chi connectivity index (χ1n) is 8.21. The van der Waals surface area contributed by atoms with Gasteiger partial charge in [-0.15, -0.1) is 24.0 Å². The number of nitrogens with zero attached hydrogens (tertiary/aromatic N) is 5. The lowest BCUT2D eigenvalue weighted by Gasteiger charge is -2.15. The van der Waals surface area contributed by atoms with E-state index in [1.165, 1.54) is 24.7 Å². The summed E-state index contributed by atoms with van der Waals surface area (Å²) in [7, 11) is 1.33. The molecule has 1 aromatic carbocycles. The molecule has 2 rings (SSSR count). The second-order valence-corrected chi connectivity index (χ2v) is 7.86. The third kappa shape index (κ3) is 6.14. The Labute approximate surface area is 177 Å². The molecule has 150 valence electrons. The monoisotopic (exact) mass is 507 g/mol. The number of benzene rings is 1. The fraction of sp³-hybridized carbons (Fsp3) is 0.438. The molecule has 1 aromatic heterocycles. The molecule has 0 atom stereocenters. The number of nitrogens with one attached hydrogen (secondary N) is 2. The molecule has 27 heavy (non-hydrogen) atoms. The van der Waals surface area contributed by atoms with E-state index in [4.69, 9.17) is 0 Å². The maximum absolute atomic E-state index is 12.5. The van der Waals surface area contributed by atoms with Crippen LogP contribution in [0.2, 0.25) is 0 Å². The summed E-state index contributed by atoms with van der Waals surface area (Å²) in [5.41, 5.74) is 0.636. The molecule has 0 spiro atoms. The van der Waals surface area contributed by atoms with Crippen molar-refractivity contribution in [3.8, 4) is 0 Å². The van der Waals surface area contributed by atoms with Crippen LogP contribution in [0.15, 0.2) is 40.5 Å². The lowest BCUT2D eigenvalue weighted by Crippen LogP contribution is -2.37. The van der Waals surface area contributed by atoms with Crippen LogP contribution in [0.25, 0.3) is 0 Å². The molecule has 0 saturated carbocycles. The Hall–Kier alpha value is -1.73. The van der Waals surface area contributed by atoms with Crippen molar-refractivity contribution < 1.29 is 8.42 Å². The topological polar surface area (TPSA) is 105 Å². The number of rotatable bonds is 7. The summed E-state index contributed by atoms with van der Waals surface area (Å²) in [4.78, 5) is 8.92. The van der Waals surface area contributed by atoms with Gasteiger partial charge in [-0.05, 0) is 18.6 Å². The summed E-state index contributed by atoms with van der Waals surface area (Å²) in [6.07, 6.45) is 1.49. The quantitative estimate of drug-likeness (QED) is 0.329. The molecular formula is C16H26IN7O2S. The SMILES string of the molecule is CCNC(=NCc1ccccc1S(=O)(=O)N(C)C)NCc1ncnn1C.I. The van der Waals surface area contributed by atoms with Gasteiger partial charge in [0.25, 0.3) is 0 Å². The second kappa shape index (κ2) is 10.6. The fourth-order valence-electron chi connectivity index (χ4n) is 2.23. The summed E-state index contributed by atoms with van der Waals surface area (Å²) < 4.78 is 27.8. The van der Waals surface area contributed by atoms with Crippen molar-refractivity contribution in [3.63, 3.8) is 0 Å². The molecule has 2 aromatic rings. The first-order chi connectivity index (χ1) is 12.4. The molecule has 0 saturated heterocycles. The zero-order chi connectivity index (χ0) is 19.2. The molecule has 1 heterocycles. The van der Waals surface area contributed by atoms with Gasteiger partial charge in [0.1, 0.15) is 12.2 Å². The molecule has 0 bridgehead atoms. The first kappa shape index (κ1) is 23.3. The van der Waals surface area contributed by atoms with Gasteiger partial charge in [0.05, 0.1) is 18.0 Å². The van der Waals surface area contributed by atoms with Gasteiger partial charge in [-0.25, -0.2) is 22.7 Å². The van der Waals surface area contributed by atoms with Crippen LogP contribution in [-0.4, -0.2) is 54.1 Å². The van der Waals surface area contributed by atoms with Gasteiger partial charge in [0.15, 0.2) is 5.96 Å². The van der Waals surface area contributed by atoms with Crippen LogP contribution in [0.4, 0.5) is 0 Å². The van der Waals surface area contributed by atoms with E-state index < -0.39 is 10.0 Å². The van der Waals surface area contributed by atoms with E-state index in [9.17, 15) is 8.42 Å². The summed E-state index contributed by atoms with van der Waals surface area (Å²) in [5, 5.41) is 10.3. The number of aromatic nitrogens is 3. The van der Waals surface area contributed by atoms with Gasteiger partial charge >= 0.3 is 0 Å². The smallest absolute Gasteiger partial charge is 0.242 e. The summed E-state index contributed by atoms with van der Waals surface area (Å²) in [6.45, 7) is 3.34. The van der Waals surface area contributed by atoms with Gasteiger partial charge in [-0.2, -0.15) is 5.10 Å². The normalized spacial score (nSPS) is 12.0. The zero-order valence-electron chi connectivity index (χ0n) is 15.9. The molecule has 0 radical (unpaired) electrons. The predicted octanol–water partition coefficient (Wildman–Crippen LogP) is 0.939. The van der Waals surface area contributed by atoms with Crippen LogP contribution in [-0.2, 0) is 30.2 Å². The van der Waals surface area contributed by atoms with Gasteiger partial charge in [-0.1, -0.05) is 18.2 Å².